The summed E-state index contributed by atoms with van der Waals surface area (Å²) in [6.07, 6.45) is 0. The quantitative estimate of drug-likeness (QED) is 0.617. The van der Waals surface area contributed by atoms with Crippen LogP contribution in [0.5, 0.6) is 0 Å². The van der Waals surface area contributed by atoms with Crippen LogP contribution in [-0.4, -0.2) is 9.97 Å². The molecule has 4 heteroatoms. The summed E-state index contributed by atoms with van der Waals surface area (Å²) in [6, 6.07) is 3.62. The molecule has 0 bridgehead atoms. The van der Waals surface area contributed by atoms with Crippen molar-refractivity contribution in [3.05, 3.63) is 17.6 Å². The van der Waals surface area contributed by atoms with Gasteiger partial charge in [-0.25, -0.2) is 9.97 Å². The van der Waals surface area contributed by atoms with Crippen molar-refractivity contribution in [1.29, 1.82) is 0 Å². The Balaban J connectivity index is 2.86. The first-order valence-electron chi connectivity index (χ1n) is 2.82. The highest BCUT2D eigenvalue weighted by Gasteiger charge is 1.95. The first kappa shape index (κ1) is 5.61. The number of nitrogens with zero attached hydrogens (tertiary/aromatic N) is 2. The summed E-state index contributed by atoms with van der Waals surface area (Å²) in [5.74, 6) is 0.553. The number of fused-ring (bicyclic) bond motifs is 1. The van der Waals surface area contributed by atoms with Crippen molar-refractivity contribution in [2.75, 3.05) is 5.73 Å². The molecule has 10 heavy (non-hydrogen) atoms. The van der Waals surface area contributed by atoms with Crippen molar-refractivity contribution in [3.63, 3.8) is 0 Å². The number of pyridine rings is 1. The molecule has 0 atom stereocenters. The van der Waals surface area contributed by atoms with E-state index in [0.29, 0.717) is 5.82 Å². The zero-order valence-corrected chi connectivity index (χ0v) is 5.93. The van der Waals surface area contributed by atoms with Crippen LogP contribution in [0.4, 0.5) is 5.82 Å². The topological polar surface area (TPSA) is 51.8 Å². The fourth-order valence-corrected chi connectivity index (χ4v) is 1.43. The van der Waals surface area contributed by atoms with E-state index in [4.69, 9.17) is 5.73 Å². The van der Waals surface area contributed by atoms with Crippen LogP contribution in [0.15, 0.2) is 17.6 Å². The number of nitrogen functional groups attached to an aromatic ring is 1. The molecule has 2 rings (SSSR count). The van der Waals surface area contributed by atoms with Crippen molar-refractivity contribution in [1.82, 2.24) is 9.97 Å². The maximum absolute atomic E-state index is 5.45. The van der Waals surface area contributed by atoms with E-state index in [1.807, 2.05) is 6.07 Å². The minimum atomic E-state index is 0.553. The molecule has 0 aliphatic heterocycles. The van der Waals surface area contributed by atoms with Gasteiger partial charge in [0.2, 0.25) is 0 Å². The van der Waals surface area contributed by atoms with Gasteiger partial charge < -0.3 is 5.73 Å². The number of anilines is 1. The Morgan fingerprint density at radius 3 is 3.20 bits per heavy atom. The van der Waals surface area contributed by atoms with Crippen LogP contribution in [0.2, 0.25) is 0 Å². The van der Waals surface area contributed by atoms with Crippen molar-refractivity contribution in [2.24, 2.45) is 0 Å². The van der Waals surface area contributed by atoms with Gasteiger partial charge in [0.1, 0.15) is 16.2 Å². The number of rotatable bonds is 0. The summed E-state index contributed by atoms with van der Waals surface area (Å²) in [5.41, 5.74) is 8.13. The monoisotopic (exact) mass is 151 g/mol. The molecule has 0 saturated heterocycles. The Morgan fingerprint density at radius 1 is 1.40 bits per heavy atom. The van der Waals surface area contributed by atoms with E-state index >= 15 is 0 Å². The van der Waals surface area contributed by atoms with Crippen molar-refractivity contribution < 1.29 is 0 Å². The van der Waals surface area contributed by atoms with Crippen LogP contribution < -0.4 is 5.73 Å². The van der Waals surface area contributed by atoms with E-state index < -0.39 is 0 Å². The van der Waals surface area contributed by atoms with Gasteiger partial charge in [0.25, 0.3) is 0 Å². The van der Waals surface area contributed by atoms with Crippen LogP contribution >= 0.6 is 11.3 Å². The SMILES string of the molecule is Nc1ccc2ncsc2n1. The Bertz CT molecular complexity index is 355. The summed E-state index contributed by atoms with van der Waals surface area (Å²) >= 11 is 1.50. The molecule has 0 unspecified atom stereocenters. The molecule has 0 amide bonds. The zero-order valence-electron chi connectivity index (χ0n) is 5.11. The van der Waals surface area contributed by atoms with Crippen molar-refractivity contribution in [3.8, 4) is 0 Å². The Hall–Kier alpha value is -1.16. The van der Waals surface area contributed by atoms with Crippen LogP contribution in [0, 0.1) is 0 Å². The summed E-state index contributed by atoms with van der Waals surface area (Å²) in [6.45, 7) is 0. The molecular weight excluding hydrogens is 146 g/mol. The van der Waals surface area contributed by atoms with Gasteiger partial charge in [-0.3, -0.25) is 0 Å². The number of hydrogen-bond donors (Lipinski definition) is 1. The molecule has 0 aliphatic carbocycles. The van der Waals surface area contributed by atoms with Crippen LogP contribution in [0.3, 0.4) is 0 Å². The Kier molecular flexibility index (Phi) is 1.07. The minimum absolute atomic E-state index is 0.553. The largest absolute Gasteiger partial charge is 0.384 e. The highest BCUT2D eigenvalue weighted by Crippen LogP contribution is 2.15. The average molecular weight is 151 g/mol. The molecular formula is C6H5N3S. The lowest BCUT2D eigenvalue weighted by atomic mass is 10.4. The van der Waals surface area contributed by atoms with Gasteiger partial charge in [0.15, 0.2) is 0 Å². The Labute approximate surface area is 61.5 Å². The van der Waals surface area contributed by atoms with Crippen LogP contribution in [-0.2, 0) is 0 Å². The third-order valence-electron chi connectivity index (χ3n) is 1.22. The van der Waals surface area contributed by atoms with Gasteiger partial charge in [-0.1, -0.05) is 0 Å². The van der Waals surface area contributed by atoms with Gasteiger partial charge in [-0.2, -0.15) is 0 Å². The summed E-state index contributed by atoms with van der Waals surface area (Å²) < 4.78 is 0. The fourth-order valence-electron chi connectivity index (χ4n) is 0.765. The lowest BCUT2D eigenvalue weighted by Gasteiger charge is -1.88. The molecule has 2 heterocycles. The standard InChI is InChI=1S/C6H5N3S/c7-5-2-1-4-6(9-5)10-3-8-4/h1-3H,(H2,7,9). The molecule has 0 aliphatic rings. The van der Waals surface area contributed by atoms with Gasteiger partial charge >= 0.3 is 0 Å². The molecule has 0 spiro atoms. The molecule has 0 saturated carbocycles. The normalized spacial score (nSPS) is 10.4. The van der Waals surface area contributed by atoms with Gasteiger partial charge in [-0.15, -0.1) is 11.3 Å². The second-order valence-electron chi connectivity index (χ2n) is 1.91. The summed E-state index contributed by atoms with van der Waals surface area (Å²) in [7, 11) is 0. The number of thiazole rings is 1. The van der Waals surface area contributed by atoms with Gasteiger partial charge in [0.05, 0.1) is 5.51 Å². The molecule has 2 N–H and O–H groups in total. The zero-order chi connectivity index (χ0) is 6.97. The fraction of sp³-hybridized carbons (Fsp3) is 0. The third-order valence-corrected chi connectivity index (χ3v) is 1.95. The maximum Gasteiger partial charge on any atom is 0.145 e. The molecule has 2 aromatic rings. The predicted octanol–water partition coefficient (Wildman–Crippen LogP) is 1.27. The van der Waals surface area contributed by atoms with Crippen LogP contribution in [0.25, 0.3) is 10.3 Å². The second-order valence-corrected chi connectivity index (χ2v) is 2.75. The number of hydrogen-bond acceptors (Lipinski definition) is 4. The smallest absolute Gasteiger partial charge is 0.145 e. The van der Waals surface area contributed by atoms with E-state index in [1.54, 1.807) is 11.6 Å². The van der Waals surface area contributed by atoms with E-state index in [2.05, 4.69) is 9.97 Å². The highest BCUT2D eigenvalue weighted by molar-refractivity contribution is 7.16. The molecule has 3 nitrogen and oxygen atoms in total. The lowest BCUT2D eigenvalue weighted by molar-refractivity contribution is 1.41. The van der Waals surface area contributed by atoms with Gasteiger partial charge in [-0.05, 0) is 12.1 Å². The minimum Gasteiger partial charge on any atom is -0.384 e. The van der Waals surface area contributed by atoms with E-state index in [-0.39, 0.29) is 0 Å². The third kappa shape index (κ3) is 0.733. The summed E-state index contributed by atoms with van der Waals surface area (Å²) in [4.78, 5) is 9.03. The van der Waals surface area contributed by atoms with Crippen molar-refractivity contribution in [2.45, 2.75) is 0 Å². The summed E-state index contributed by atoms with van der Waals surface area (Å²) in [5, 5.41) is 0. The lowest BCUT2D eigenvalue weighted by Crippen LogP contribution is -1.87. The second kappa shape index (κ2) is 1.91. The van der Waals surface area contributed by atoms with E-state index in [9.17, 15) is 0 Å². The Morgan fingerprint density at radius 2 is 2.30 bits per heavy atom. The average Bonchev–Trinajstić information content (AvgIpc) is 2.33. The highest BCUT2D eigenvalue weighted by atomic mass is 32.1. The first-order chi connectivity index (χ1) is 4.86. The maximum atomic E-state index is 5.45. The molecule has 50 valence electrons. The number of nitrogens with two attached hydrogens (primary N) is 1. The van der Waals surface area contributed by atoms with Gasteiger partial charge in [0, 0.05) is 0 Å². The van der Waals surface area contributed by atoms with E-state index in [1.165, 1.54) is 11.3 Å². The molecule has 0 fully saturated rings. The molecule has 2 aromatic heterocycles. The first-order valence-corrected chi connectivity index (χ1v) is 3.70. The molecule has 0 radical (unpaired) electrons. The van der Waals surface area contributed by atoms with Crippen molar-refractivity contribution >= 4 is 27.5 Å². The predicted molar refractivity (Wildman–Crippen MR) is 41.8 cm³/mol. The van der Waals surface area contributed by atoms with Crippen LogP contribution in [0.1, 0.15) is 0 Å². The molecule has 0 aromatic carbocycles. The van der Waals surface area contributed by atoms with E-state index in [0.717, 1.165) is 10.3 Å². The number of aromatic nitrogens is 2.